The van der Waals surface area contributed by atoms with E-state index in [2.05, 4.69) is 26.6 Å². The second-order valence-electron chi connectivity index (χ2n) is 5.65. The van der Waals surface area contributed by atoms with Gasteiger partial charge in [-0.15, -0.1) is 0 Å². The first kappa shape index (κ1) is 15.7. The molecule has 0 bridgehead atoms. The van der Waals surface area contributed by atoms with Gasteiger partial charge in [0.05, 0.1) is 12.0 Å². The van der Waals surface area contributed by atoms with Crippen molar-refractivity contribution in [1.82, 2.24) is 5.32 Å². The van der Waals surface area contributed by atoms with E-state index in [-0.39, 0.29) is 11.8 Å². The van der Waals surface area contributed by atoms with Crippen molar-refractivity contribution in [2.45, 2.75) is 25.3 Å². The molecular formula is C18H17BrN2O2. The van der Waals surface area contributed by atoms with Gasteiger partial charge in [-0.05, 0) is 58.6 Å². The highest BCUT2D eigenvalue weighted by molar-refractivity contribution is 9.10. The Labute approximate surface area is 143 Å². The number of amides is 2. The van der Waals surface area contributed by atoms with Crippen molar-refractivity contribution in [3.63, 3.8) is 0 Å². The van der Waals surface area contributed by atoms with E-state index < -0.39 is 0 Å². The molecule has 118 valence electrons. The summed E-state index contributed by atoms with van der Waals surface area (Å²) in [6.07, 6.45) is 2.55. The number of anilines is 1. The largest absolute Gasteiger partial charge is 0.353 e. The number of carbonyl (C=O) groups excluding carboxylic acids is 2. The van der Waals surface area contributed by atoms with E-state index in [0.29, 0.717) is 23.7 Å². The number of rotatable bonds is 5. The Morgan fingerprint density at radius 1 is 1.04 bits per heavy atom. The molecule has 4 nitrogen and oxygen atoms in total. The molecule has 0 unspecified atom stereocenters. The topological polar surface area (TPSA) is 58.2 Å². The van der Waals surface area contributed by atoms with Gasteiger partial charge in [-0.2, -0.15) is 0 Å². The summed E-state index contributed by atoms with van der Waals surface area (Å²) in [5, 5.41) is 5.82. The van der Waals surface area contributed by atoms with Crippen molar-refractivity contribution in [3.8, 4) is 0 Å². The van der Waals surface area contributed by atoms with E-state index in [1.54, 1.807) is 6.07 Å². The standard InChI is InChI=1S/C18H17BrN2O2/c19-16-4-2-1-3-15(16)18(23)21-14-7-5-12(6-8-14)11-17(22)20-13-9-10-13/h1-8,13H,9-11H2,(H,20,22)(H,21,23). The van der Waals surface area contributed by atoms with E-state index in [4.69, 9.17) is 0 Å². The Hall–Kier alpha value is -2.14. The monoisotopic (exact) mass is 372 g/mol. The molecule has 0 aromatic heterocycles. The first-order valence-electron chi connectivity index (χ1n) is 7.56. The first-order valence-corrected chi connectivity index (χ1v) is 8.35. The van der Waals surface area contributed by atoms with Crippen LogP contribution >= 0.6 is 15.9 Å². The van der Waals surface area contributed by atoms with Crippen molar-refractivity contribution < 1.29 is 9.59 Å². The number of nitrogens with one attached hydrogen (secondary N) is 2. The molecule has 1 saturated carbocycles. The van der Waals surface area contributed by atoms with Crippen molar-refractivity contribution in [2.24, 2.45) is 0 Å². The quantitative estimate of drug-likeness (QED) is 0.843. The zero-order valence-corrected chi connectivity index (χ0v) is 14.1. The lowest BCUT2D eigenvalue weighted by Gasteiger charge is -2.08. The highest BCUT2D eigenvalue weighted by atomic mass is 79.9. The normalized spacial score (nSPS) is 13.4. The van der Waals surface area contributed by atoms with Gasteiger partial charge in [0.15, 0.2) is 0 Å². The molecule has 2 amide bonds. The van der Waals surface area contributed by atoms with Crippen molar-refractivity contribution in [2.75, 3.05) is 5.32 Å². The zero-order valence-electron chi connectivity index (χ0n) is 12.5. The smallest absolute Gasteiger partial charge is 0.256 e. The third-order valence-electron chi connectivity index (χ3n) is 3.64. The summed E-state index contributed by atoms with van der Waals surface area (Å²) in [6.45, 7) is 0. The summed E-state index contributed by atoms with van der Waals surface area (Å²) in [5.41, 5.74) is 2.22. The van der Waals surface area contributed by atoms with Gasteiger partial charge < -0.3 is 10.6 Å². The molecule has 2 aromatic carbocycles. The summed E-state index contributed by atoms with van der Waals surface area (Å²) < 4.78 is 0.755. The molecule has 0 heterocycles. The highest BCUT2D eigenvalue weighted by Gasteiger charge is 2.23. The van der Waals surface area contributed by atoms with E-state index in [0.717, 1.165) is 22.9 Å². The summed E-state index contributed by atoms with van der Waals surface area (Å²) in [5.74, 6) is -0.116. The Morgan fingerprint density at radius 3 is 2.39 bits per heavy atom. The van der Waals surface area contributed by atoms with Gasteiger partial charge in [0.1, 0.15) is 0 Å². The van der Waals surface area contributed by atoms with E-state index in [1.165, 1.54) is 0 Å². The Morgan fingerprint density at radius 2 is 1.74 bits per heavy atom. The van der Waals surface area contributed by atoms with Crippen molar-refractivity contribution in [3.05, 3.63) is 64.1 Å². The van der Waals surface area contributed by atoms with Crippen LogP contribution < -0.4 is 10.6 Å². The Balaban J connectivity index is 1.59. The third kappa shape index (κ3) is 4.42. The molecule has 2 aromatic rings. The molecule has 3 rings (SSSR count). The minimum atomic E-state index is -0.170. The van der Waals surface area contributed by atoms with E-state index in [1.807, 2.05) is 42.5 Å². The fourth-order valence-corrected chi connectivity index (χ4v) is 2.71. The molecule has 0 aliphatic heterocycles. The van der Waals surface area contributed by atoms with Gasteiger partial charge in [0.25, 0.3) is 5.91 Å². The number of benzene rings is 2. The lowest BCUT2D eigenvalue weighted by Crippen LogP contribution is -2.26. The summed E-state index contributed by atoms with van der Waals surface area (Å²) >= 11 is 3.37. The average Bonchev–Trinajstić information content (AvgIpc) is 3.33. The predicted octanol–water partition coefficient (Wildman–Crippen LogP) is 3.52. The Bertz CT molecular complexity index is 724. The lowest BCUT2D eigenvalue weighted by molar-refractivity contribution is -0.120. The van der Waals surface area contributed by atoms with Crippen LogP contribution in [0.3, 0.4) is 0 Å². The Kier molecular flexibility index (Phi) is 4.76. The van der Waals surface area contributed by atoms with Crippen LogP contribution in [0.4, 0.5) is 5.69 Å². The molecule has 1 aliphatic carbocycles. The summed E-state index contributed by atoms with van der Waals surface area (Å²) in [4.78, 5) is 24.0. The number of hydrogen-bond donors (Lipinski definition) is 2. The van der Waals surface area contributed by atoms with Crippen molar-refractivity contribution >= 4 is 33.4 Å². The maximum atomic E-state index is 12.2. The molecule has 0 saturated heterocycles. The predicted molar refractivity (Wildman–Crippen MR) is 93.4 cm³/mol. The van der Waals surface area contributed by atoms with Crippen LogP contribution in [0.2, 0.25) is 0 Å². The maximum Gasteiger partial charge on any atom is 0.256 e. The number of hydrogen-bond acceptors (Lipinski definition) is 2. The maximum absolute atomic E-state index is 12.2. The van der Waals surface area contributed by atoms with Crippen LogP contribution in [-0.2, 0) is 11.2 Å². The highest BCUT2D eigenvalue weighted by Crippen LogP contribution is 2.20. The SMILES string of the molecule is O=C(Cc1ccc(NC(=O)c2ccccc2Br)cc1)NC1CC1. The second-order valence-corrected chi connectivity index (χ2v) is 6.50. The van der Waals surface area contributed by atoms with Crippen LogP contribution in [0.25, 0.3) is 0 Å². The molecule has 1 fully saturated rings. The van der Waals surface area contributed by atoms with Crippen LogP contribution in [0.5, 0.6) is 0 Å². The molecule has 0 atom stereocenters. The summed E-state index contributed by atoms with van der Waals surface area (Å²) in [7, 11) is 0. The van der Waals surface area contributed by atoms with E-state index >= 15 is 0 Å². The van der Waals surface area contributed by atoms with E-state index in [9.17, 15) is 9.59 Å². The van der Waals surface area contributed by atoms with Crippen LogP contribution in [0, 0.1) is 0 Å². The van der Waals surface area contributed by atoms with Crippen molar-refractivity contribution in [1.29, 1.82) is 0 Å². The molecular weight excluding hydrogens is 356 g/mol. The van der Waals surface area contributed by atoms with Crippen LogP contribution in [-0.4, -0.2) is 17.9 Å². The van der Waals surface area contributed by atoms with Gasteiger partial charge in [0, 0.05) is 16.2 Å². The molecule has 2 N–H and O–H groups in total. The van der Waals surface area contributed by atoms with Gasteiger partial charge in [-0.1, -0.05) is 24.3 Å². The summed E-state index contributed by atoms with van der Waals surface area (Å²) in [6, 6.07) is 15.0. The fraction of sp³-hybridized carbons (Fsp3) is 0.222. The number of halogens is 1. The molecule has 23 heavy (non-hydrogen) atoms. The van der Waals surface area contributed by atoms with Crippen LogP contribution in [0.1, 0.15) is 28.8 Å². The zero-order chi connectivity index (χ0) is 16.2. The van der Waals surface area contributed by atoms with Gasteiger partial charge in [-0.25, -0.2) is 0 Å². The first-order chi connectivity index (χ1) is 11.1. The third-order valence-corrected chi connectivity index (χ3v) is 4.33. The fourth-order valence-electron chi connectivity index (χ4n) is 2.24. The van der Waals surface area contributed by atoms with Gasteiger partial charge >= 0.3 is 0 Å². The molecule has 1 aliphatic rings. The second kappa shape index (κ2) is 6.96. The van der Waals surface area contributed by atoms with Gasteiger partial charge in [-0.3, -0.25) is 9.59 Å². The lowest BCUT2D eigenvalue weighted by atomic mass is 10.1. The molecule has 0 radical (unpaired) electrons. The molecule has 0 spiro atoms. The average molecular weight is 373 g/mol. The molecule has 5 heteroatoms. The number of carbonyl (C=O) groups is 2. The van der Waals surface area contributed by atoms with Gasteiger partial charge in [0.2, 0.25) is 5.91 Å². The van der Waals surface area contributed by atoms with Crippen LogP contribution in [0.15, 0.2) is 53.0 Å². The minimum Gasteiger partial charge on any atom is -0.353 e. The minimum absolute atomic E-state index is 0.0532.